The molecule has 3 N–H and O–H groups in total. The zero-order chi connectivity index (χ0) is 20.6. The first-order valence-corrected chi connectivity index (χ1v) is 10.8. The summed E-state index contributed by atoms with van der Waals surface area (Å²) in [4.78, 5) is 11.9. The fraction of sp³-hybridized carbons (Fsp3) is 1.00. The summed E-state index contributed by atoms with van der Waals surface area (Å²) in [5, 5.41) is 29.9. The lowest BCUT2D eigenvalue weighted by molar-refractivity contribution is -0.579. The Labute approximate surface area is 170 Å². The van der Waals surface area contributed by atoms with Crippen LogP contribution >= 0.6 is 0 Å². The van der Waals surface area contributed by atoms with E-state index in [1.54, 1.807) is 0 Å². The van der Waals surface area contributed by atoms with Gasteiger partial charge in [-0.3, -0.25) is 0 Å². The third-order valence-electron chi connectivity index (χ3n) is 7.82. The summed E-state index contributed by atoms with van der Waals surface area (Å²) < 4.78 is 24.0. The van der Waals surface area contributed by atoms with Gasteiger partial charge >= 0.3 is 0 Å². The molecule has 0 aromatic heterocycles. The van der Waals surface area contributed by atoms with Gasteiger partial charge in [-0.05, 0) is 38.0 Å². The van der Waals surface area contributed by atoms with Gasteiger partial charge in [-0.25, -0.2) is 9.78 Å². The molecule has 5 saturated heterocycles. The van der Waals surface area contributed by atoms with Crippen LogP contribution in [0, 0.1) is 23.7 Å². The van der Waals surface area contributed by atoms with Gasteiger partial charge in [0, 0.05) is 18.3 Å². The number of aliphatic hydroxyl groups is 3. The molecular weight excluding hydrogens is 384 g/mol. The molecule has 12 atom stereocenters. The van der Waals surface area contributed by atoms with Gasteiger partial charge in [0.2, 0.25) is 5.79 Å². The Bertz CT molecular complexity index is 633. The monoisotopic (exact) mass is 416 g/mol. The number of aliphatic hydroxyl groups excluding tert-OH is 3. The maximum absolute atomic E-state index is 10.3. The average Bonchev–Trinajstić information content (AvgIpc) is 2.92. The van der Waals surface area contributed by atoms with E-state index in [9.17, 15) is 15.3 Å². The molecule has 0 aromatic rings. The van der Waals surface area contributed by atoms with Crippen molar-refractivity contribution in [2.24, 2.45) is 23.7 Å². The van der Waals surface area contributed by atoms with Gasteiger partial charge in [-0.1, -0.05) is 13.8 Å². The number of fused-ring (bicyclic) bond motifs is 2. The minimum absolute atomic E-state index is 0.0734. The second-order valence-corrected chi connectivity index (χ2v) is 9.66. The normalized spacial score (nSPS) is 59.8. The Balaban J connectivity index is 1.42. The molecule has 9 nitrogen and oxygen atoms in total. The third kappa shape index (κ3) is 3.01. The van der Waals surface area contributed by atoms with Crippen molar-refractivity contribution >= 4 is 0 Å². The lowest BCUT2D eigenvalue weighted by atomic mass is 9.58. The van der Waals surface area contributed by atoms with Crippen LogP contribution in [0.15, 0.2) is 0 Å². The highest BCUT2D eigenvalue weighted by molar-refractivity contribution is 5.09. The highest BCUT2D eigenvalue weighted by Crippen LogP contribution is 2.60. The van der Waals surface area contributed by atoms with E-state index in [1.807, 2.05) is 13.8 Å². The zero-order valence-corrected chi connectivity index (χ0v) is 17.1. The number of hydrogen-bond donors (Lipinski definition) is 3. The number of rotatable bonds is 2. The molecule has 1 aliphatic carbocycles. The van der Waals surface area contributed by atoms with E-state index in [-0.39, 0.29) is 24.4 Å². The second kappa shape index (κ2) is 7.08. The fourth-order valence-corrected chi connectivity index (χ4v) is 6.06. The molecule has 5 aliphatic heterocycles. The predicted molar refractivity (Wildman–Crippen MR) is 95.7 cm³/mol. The van der Waals surface area contributed by atoms with Crippen LogP contribution < -0.4 is 0 Å². The van der Waals surface area contributed by atoms with Crippen molar-refractivity contribution in [3.8, 4) is 0 Å². The summed E-state index contributed by atoms with van der Waals surface area (Å²) in [5.74, 6) is -0.131. The summed E-state index contributed by atoms with van der Waals surface area (Å²) in [7, 11) is 0. The van der Waals surface area contributed by atoms with Crippen LogP contribution in [0.4, 0.5) is 0 Å². The molecule has 1 saturated carbocycles. The summed E-state index contributed by atoms with van der Waals surface area (Å²) >= 11 is 0. The Morgan fingerprint density at radius 2 is 1.72 bits per heavy atom. The molecule has 1 spiro atoms. The summed E-state index contributed by atoms with van der Waals surface area (Å²) in [5.41, 5.74) is -0.686. The lowest BCUT2D eigenvalue weighted by Crippen LogP contribution is -2.71. The van der Waals surface area contributed by atoms with Gasteiger partial charge in [-0.2, -0.15) is 0 Å². The molecule has 0 amide bonds. The Morgan fingerprint density at radius 3 is 2.52 bits per heavy atom. The first kappa shape index (κ1) is 20.5. The lowest BCUT2D eigenvalue weighted by Gasteiger charge is -2.60. The van der Waals surface area contributed by atoms with Crippen molar-refractivity contribution in [3.63, 3.8) is 0 Å². The molecule has 6 rings (SSSR count). The van der Waals surface area contributed by atoms with Crippen molar-refractivity contribution in [1.29, 1.82) is 0 Å². The molecule has 166 valence electrons. The van der Waals surface area contributed by atoms with E-state index in [1.165, 1.54) is 0 Å². The SMILES string of the molecule is C[C@H]1[C@@H](O[C@H]2OC[C@@H](O)[C@H](O)[C@H]2O)O[C@@H]2O[C@@]3(C)CC[C@H]4[C@H](C)CC[C@@H]1[C@@]24OO3. The van der Waals surface area contributed by atoms with Crippen molar-refractivity contribution in [2.75, 3.05) is 6.61 Å². The highest BCUT2D eigenvalue weighted by atomic mass is 17.3. The average molecular weight is 416 g/mol. The first-order valence-electron chi connectivity index (χ1n) is 10.8. The minimum Gasteiger partial charge on any atom is -0.388 e. The fourth-order valence-electron chi connectivity index (χ4n) is 6.06. The van der Waals surface area contributed by atoms with Crippen LogP contribution in [0.1, 0.15) is 46.5 Å². The van der Waals surface area contributed by atoms with E-state index >= 15 is 0 Å². The minimum atomic E-state index is -1.37. The second-order valence-electron chi connectivity index (χ2n) is 9.66. The molecule has 0 aromatic carbocycles. The first-order chi connectivity index (χ1) is 13.7. The number of hydrogen-bond acceptors (Lipinski definition) is 9. The standard InChI is InChI=1S/C20H32O9/c1-9-4-5-12-10(2)16(25-17-15(23)14(22)13(21)8-24-17)26-18-20(12)11(9)6-7-19(3,27-18)28-29-20/h9-18,21-23H,4-8H2,1-3H3/t9-,10-,11+,12+,13-,14+,15-,16+,17-,18-,19-,20-/m1/s1. The molecule has 6 aliphatic rings. The van der Waals surface area contributed by atoms with Gasteiger partial charge in [0.05, 0.1) is 6.61 Å². The molecule has 0 radical (unpaired) electrons. The highest BCUT2D eigenvalue weighted by Gasteiger charge is 2.69. The van der Waals surface area contributed by atoms with Gasteiger partial charge in [0.15, 0.2) is 24.5 Å². The van der Waals surface area contributed by atoms with Crippen LogP contribution in [0.3, 0.4) is 0 Å². The smallest absolute Gasteiger partial charge is 0.201 e. The summed E-state index contributed by atoms with van der Waals surface area (Å²) in [6, 6.07) is 0. The van der Waals surface area contributed by atoms with Crippen molar-refractivity contribution in [2.45, 2.75) is 95.0 Å². The van der Waals surface area contributed by atoms with E-state index in [4.69, 9.17) is 28.7 Å². The molecule has 0 unspecified atom stereocenters. The Kier molecular flexibility index (Phi) is 5.01. The molecule has 9 heteroatoms. The van der Waals surface area contributed by atoms with E-state index in [0.717, 1.165) is 25.7 Å². The van der Waals surface area contributed by atoms with Crippen LogP contribution in [-0.4, -0.2) is 70.5 Å². The van der Waals surface area contributed by atoms with Gasteiger partial charge < -0.3 is 34.3 Å². The third-order valence-corrected chi connectivity index (χ3v) is 7.82. The molecule has 5 heterocycles. The maximum Gasteiger partial charge on any atom is 0.201 e. The molecular formula is C20H32O9. The largest absolute Gasteiger partial charge is 0.388 e. The van der Waals surface area contributed by atoms with E-state index in [2.05, 4.69) is 6.92 Å². The summed E-state index contributed by atoms with van der Waals surface area (Å²) in [6.07, 6.45) is -2.63. The van der Waals surface area contributed by atoms with E-state index < -0.39 is 48.6 Å². The van der Waals surface area contributed by atoms with Crippen molar-refractivity contribution < 1.29 is 44.0 Å². The quantitative estimate of drug-likeness (QED) is 0.558. The van der Waals surface area contributed by atoms with Crippen LogP contribution in [0.2, 0.25) is 0 Å². The maximum atomic E-state index is 10.3. The number of ether oxygens (including phenoxy) is 4. The van der Waals surface area contributed by atoms with Gasteiger partial charge in [0.1, 0.15) is 18.3 Å². The zero-order valence-electron chi connectivity index (χ0n) is 17.1. The van der Waals surface area contributed by atoms with Gasteiger partial charge in [-0.15, -0.1) is 0 Å². The van der Waals surface area contributed by atoms with Crippen molar-refractivity contribution in [1.82, 2.24) is 0 Å². The topological polar surface area (TPSA) is 116 Å². The molecule has 6 fully saturated rings. The van der Waals surface area contributed by atoms with Crippen LogP contribution in [0.5, 0.6) is 0 Å². The van der Waals surface area contributed by atoms with Crippen molar-refractivity contribution in [3.05, 3.63) is 0 Å². The Hall–Kier alpha value is -0.360. The molecule has 29 heavy (non-hydrogen) atoms. The summed E-state index contributed by atoms with van der Waals surface area (Å²) in [6.45, 7) is 6.03. The Morgan fingerprint density at radius 1 is 0.931 bits per heavy atom. The van der Waals surface area contributed by atoms with E-state index in [0.29, 0.717) is 5.92 Å². The van der Waals surface area contributed by atoms with Crippen LogP contribution in [0.25, 0.3) is 0 Å². The predicted octanol–water partition coefficient (Wildman–Crippen LogP) is 0.650. The molecule has 2 bridgehead atoms. The van der Waals surface area contributed by atoms with Crippen LogP contribution in [-0.2, 0) is 28.7 Å². The van der Waals surface area contributed by atoms with Gasteiger partial charge in [0.25, 0.3) is 0 Å².